The Kier molecular flexibility index (Phi) is 3.96. The lowest BCUT2D eigenvalue weighted by atomic mass is 10.2. The van der Waals surface area contributed by atoms with Crippen molar-refractivity contribution in [2.75, 3.05) is 18.4 Å². The molecule has 1 aromatic rings. The number of amides is 2. The van der Waals surface area contributed by atoms with Crippen molar-refractivity contribution in [3.05, 3.63) is 23.9 Å². The number of hydrogen-bond acceptors (Lipinski definition) is 4. The number of carbonyl (C=O) groups is 2. The van der Waals surface area contributed by atoms with Crippen LogP contribution in [0.15, 0.2) is 18.3 Å². The maximum Gasteiger partial charge on any atom is 0.253 e. The number of aromatic nitrogens is 1. The van der Waals surface area contributed by atoms with Crippen molar-refractivity contribution >= 4 is 17.6 Å². The molecule has 0 radical (unpaired) electrons. The van der Waals surface area contributed by atoms with Gasteiger partial charge in [0.15, 0.2) is 0 Å². The molecular formula is C16H18N4O2. The van der Waals surface area contributed by atoms with E-state index in [-0.39, 0.29) is 24.4 Å². The lowest BCUT2D eigenvalue weighted by molar-refractivity contribution is -0.128. The van der Waals surface area contributed by atoms with Crippen LogP contribution in [-0.2, 0) is 4.79 Å². The second kappa shape index (κ2) is 6.06. The van der Waals surface area contributed by atoms with Crippen LogP contribution < -0.4 is 10.6 Å². The summed E-state index contributed by atoms with van der Waals surface area (Å²) in [6, 6.07) is 3.97. The first kappa shape index (κ1) is 14.4. The molecule has 0 aromatic carbocycles. The van der Waals surface area contributed by atoms with Gasteiger partial charge in [0, 0.05) is 25.2 Å². The number of anilines is 1. The summed E-state index contributed by atoms with van der Waals surface area (Å²) in [5.74, 6) is 2.99. The van der Waals surface area contributed by atoms with Crippen LogP contribution in [-0.4, -0.2) is 46.9 Å². The van der Waals surface area contributed by atoms with Crippen molar-refractivity contribution in [2.45, 2.75) is 31.3 Å². The fraction of sp³-hybridized carbons (Fsp3) is 0.438. The van der Waals surface area contributed by atoms with Crippen molar-refractivity contribution in [2.24, 2.45) is 0 Å². The Balaban J connectivity index is 1.56. The largest absolute Gasteiger partial charge is 0.365 e. The van der Waals surface area contributed by atoms with E-state index in [1.807, 2.05) is 4.90 Å². The van der Waals surface area contributed by atoms with E-state index in [2.05, 4.69) is 21.5 Å². The van der Waals surface area contributed by atoms with Gasteiger partial charge in [0.2, 0.25) is 5.91 Å². The Bertz CT molecular complexity index is 616. The zero-order chi connectivity index (χ0) is 15.5. The summed E-state index contributed by atoms with van der Waals surface area (Å²) in [5, 5.41) is 5.84. The molecule has 1 saturated carbocycles. The number of nitrogens with one attached hydrogen (secondary N) is 2. The van der Waals surface area contributed by atoms with Gasteiger partial charge < -0.3 is 15.5 Å². The van der Waals surface area contributed by atoms with Crippen molar-refractivity contribution in [3.63, 3.8) is 0 Å². The highest BCUT2D eigenvalue weighted by Gasteiger charge is 2.39. The average Bonchev–Trinajstić information content (AvgIpc) is 3.30. The summed E-state index contributed by atoms with van der Waals surface area (Å²) in [5.41, 5.74) is 0.461. The molecule has 2 fully saturated rings. The standard InChI is InChI=1S/C16H18N4O2/c1-2-7-17-16(22)11-3-6-14(18-9-11)19-12-8-15(21)20(10-12)13-4-5-13/h1,3,6,9,12-13H,4-5,7-8,10H2,(H,17,22)(H,18,19). The predicted octanol–water partition coefficient (Wildman–Crippen LogP) is 0.620. The Morgan fingerprint density at radius 1 is 1.45 bits per heavy atom. The minimum Gasteiger partial charge on any atom is -0.365 e. The third-order valence-electron chi connectivity index (χ3n) is 3.87. The zero-order valence-corrected chi connectivity index (χ0v) is 12.2. The van der Waals surface area contributed by atoms with Crippen LogP contribution in [0.25, 0.3) is 0 Å². The molecule has 3 rings (SSSR count). The first-order valence-electron chi connectivity index (χ1n) is 7.41. The molecule has 1 atom stereocenters. The van der Waals surface area contributed by atoms with E-state index in [1.165, 1.54) is 6.20 Å². The van der Waals surface area contributed by atoms with E-state index < -0.39 is 0 Å². The van der Waals surface area contributed by atoms with Gasteiger partial charge in [-0.1, -0.05) is 5.92 Å². The van der Waals surface area contributed by atoms with Gasteiger partial charge in [-0.15, -0.1) is 6.42 Å². The summed E-state index contributed by atoms with van der Waals surface area (Å²) in [4.78, 5) is 29.8. The normalized spacial score (nSPS) is 20.6. The summed E-state index contributed by atoms with van der Waals surface area (Å²) in [7, 11) is 0. The molecule has 1 aliphatic carbocycles. The van der Waals surface area contributed by atoms with Gasteiger partial charge in [0.05, 0.1) is 18.2 Å². The number of rotatable bonds is 5. The highest BCUT2D eigenvalue weighted by atomic mass is 16.2. The highest BCUT2D eigenvalue weighted by Crippen LogP contribution is 2.31. The summed E-state index contributed by atoms with van der Waals surface area (Å²) >= 11 is 0. The molecule has 2 aliphatic rings. The Hall–Kier alpha value is -2.55. The Labute approximate surface area is 129 Å². The van der Waals surface area contributed by atoms with Gasteiger partial charge in [-0.05, 0) is 25.0 Å². The monoisotopic (exact) mass is 298 g/mol. The van der Waals surface area contributed by atoms with E-state index in [0.29, 0.717) is 23.8 Å². The molecule has 6 nitrogen and oxygen atoms in total. The zero-order valence-electron chi connectivity index (χ0n) is 12.2. The minimum atomic E-state index is -0.243. The van der Waals surface area contributed by atoms with Crippen LogP contribution in [0.4, 0.5) is 5.82 Å². The maximum absolute atomic E-state index is 11.9. The van der Waals surface area contributed by atoms with Gasteiger partial charge >= 0.3 is 0 Å². The molecule has 114 valence electrons. The molecule has 0 bridgehead atoms. The molecule has 2 amide bonds. The lowest BCUT2D eigenvalue weighted by Gasteiger charge is -2.16. The molecular weight excluding hydrogens is 280 g/mol. The molecule has 1 saturated heterocycles. The third kappa shape index (κ3) is 3.19. The van der Waals surface area contributed by atoms with Crippen LogP contribution in [0.2, 0.25) is 0 Å². The van der Waals surface area contributed by atoms with Gasteiger partial charge in [-0.3, -0.25) is 9.59 Å². The first-order chi connectivity index (χ1) is 10.7. The minimum absolute atomic E-state index is 0.0849. The van der Waals surface area contributed by atoms with E-state index in [1.54, 1.807) is 12.1 Å². The number of terminal acetylenes is 1. The predicted molar refractivity (Wildman–Crippen MR) is 82.2 cm³/mol. The Morgan fingerprint density at radius 2 is 2.27 bits per heavy atom. The van der Waals surface area contributed by atoms with E-state index >= 15 is 0 Å². The SMILES string of the molecule is C#CCNC(=O)c1ccc(NC2CC(=O)N(C3CC3)C2)nc1. The second-order valence-corrected chi connectivity index (χ2v) is 5.64. The average molecular weight is 298 g/mol. The molecule has 0 spiro atoms. The van der Waals surface area contributed by atoms with Gasteiger partial charge in [0.25, 0.3) is 5.91 Å². The van der Waals surface area contributed by atoms with Crippen molar-refractivity contribution in [1.29, 1.82) is 0 Å². The lowest BCUT2D eigenvalue weighted by Crippen LogP contribution is -2.30. The quantitative estimate of drug-likeness (QED) is 0.782. The second-order valence-electron chi connectivity index (χ2n) is 5.64. The van der Waals surface area contributed by atoms with Crippen molar-refractivity contribution < 1.29 is 9.59 Å². The maximum atomic E-state index is 11.9. The van der Waals surface area contributed by atoms with Crippen LogP contribution >= 0.6 is 0 Å². The fourth-order valence-electron chi connectivity index (χ4n) is 2.62. The molecule has 22 heavy (non-hydrogen) atoms. The van der Waals surface area contributed by atoms with Crippen LogP contribution in [0.5, 0.6) is 0 Å². The summed E-state index contributed by atoms with van der Waals surface area (Å²) in [6.45, 7) is 0.926. The van der Waals surface area contributed by atoms with Crippen LogP contribution in [0.3, 0.4) is 0 Å². The molecule has 6 heteroatoms. The highest BCUT2D eigenvalue weighted by molar-refractivity contribution is 5.94. The van der Waals surface area contributed by atoms with Crippen molar-refractivity contribution in [3.8, 4) is 12.3 Å². The molecule has 1 aliphatic heterocycles. The summed E-state index contributed by atoms with van der Waals surface area (Å²) in [6.07, 6.45) is 9.35. The Morgan fingerprint density at radius 3 is 2.91 bits per heavy atom. The van der Waals surface area contributed by atoms with Gasteiger partial charge in [-0.25, -0.2) is 4.98 Å². The van der Waals surface area contributed by atoms with E-state index in [9.17, 15) is 9.59 Å². The van der Waals surface area contributed by atoms with Crippen LogP contribution in [0.1, 0.15) is 29.6 Å². The van der Waals surface area contributed by atoms with E-state index in [0.717, 1.165) is 19.4 Å². The molecule has 1 unspecified atom stereocenters. The molecule has 1 aromatic heterocycles. The fourth-order valence-corrected chi connectivity index (χ4v) is 2.62. The number of pyridine rings is 1. The topological polar surface area (TPSA) is 74.3 Å². The summed E-state index contributed by atoms with van der Waals surface area (Å²) < 4.78 is 0. The van der Waals surface area contributed by atoms with E-state index in [4.69, 9.17) is 6.42 Å². The number of nitrogens with zero attached hydrogens (tertiary/aromatic N) is 2. The first-order valence-corrected chi connectivity index (χ1v) is 7.41. The third-order valence-corrected chi connectivity index (χ3v) is 3.87. The van der Waals surface area contributed by atoms with Crippen LogP contribution in [0, 0.1) is 12.3 Å². The number of hydrogen-bond donors (Lipinski definition) is 2. The number of carbonyl (C=O) groups excluding carboxylic acids is 2. The van der Waals surface area contributed by atoms with Gasteiger partial charge in [-0.2, -0.15) is 0 Å². The van der Waals surface area contributed by atoms with Gasteiger partial charge in [0.1, 0.15) is 5.82 Å². The smallest absolute Gasteiger partial charge is 0.253 e. The van der Waals surface area contributed by atoms with Crippen molar-refractivity contribution in [1.82, 2.24) is 15.2 Å². The number of likely N-dealkylation sites (tertiary alicyclic amines) is 1. The molecule has 2 N–H and O–H groups in total. The molecule has 2 heterocycles.